The van der Waals surface area contributed by atoms with Gasteiger partial charge in [-0.25, -0.2) is 0 Å². The number of methoxy groups -OCH3 is 1. The smallest absolute Gasteiger partial charge is 0.209 e. The van der Waals surface area contributed by atoms with E-state index in [-0.39, 0.29) is 5.60 Å². The summed E-state index contributed by atoms with van der Waals surface area (Å²) in [5.74, 6) is 0.688. The summed E-state index contributed by atoms with van der Waals surface area (Å²) in [6, 6.07) is 0. The predicted molar refractivity (Wildman–Crippen MR) is 72.0 cm³/mol. The Kier molecular flexibility index (Phi) is 6.17. The van der Waals surface area contributed by atoms with Crippen LogP contribution in [0.15, 0.2) is 0 Å². The monoisotopic (exact) mass is 243 g/mol. The van der Waals surface area contributed by atoms with Crippen LogP contribution in [-0.4, -0.2) is 37.1 Å². The summed E-state index contributed by atoms with van der Waals surface area (Å²) in [6.07, 6.45) is 2.13. The molecule has 0 aromatic carbocycles. The van der Waals surface area contributed by atoms with Crippen molar-refractivity contribution in [3.63, 3.8) is 0 Å². The summed E-state index contributed by atoms with van der Waals surface area (Å²) in [5, 5.41) is 0. The van der Waals surface area contributed by atoms with E-state index < -0.39 is 0 Å². The number of hydrogen-bond acceptors (Lipinski definition) is 2. The van der Waals surface area contributed by atoms with Gasteiger partial charge in [-0.3, -0.25) is 4.79 Å². The second-order valence-electron chi connectivity index (χ2n) is 6.77. The zero-order valence-electron chi connectivity index (χ0n) is 12.5. The molecule has 102 valence electrons. The second kappa shape index (κ2) is 6.39. The largest absolute Gasteiger partial charge is 0.379 e. The minimum Gasteiger partial charge on any atom is -0.379 e. The van der Waals surface area contributed by atoms with Gasteiger partial charge < -0.3 is 9.64 Å². The Bertz CT molecular complexity index is 225. The van der Waals surface area contributed by atoms with Gasteiger partial charge in [0.1, 0.15) is 0 Å². The lowest BCUT2D eigenvalue weighted by Crippen LogP contribution is -2.24. The molecule has 1 heterocycles. The average Bonchev–Trinajstić information content (AvgIpc) is 2.65. The summed E-state index contributed by atoms with van der Waals surface area (Å²) < 4.78 is 4.94. The summed E-state index contributed by atoms with van der Waals surface area (Å²) in [5.41, 5.74) is 0.401. The first-order chi connectivity index (χ1) is 7.60. The first-order valence-electron chi connectivity index (χ1n) is 6.34. The number of carbonyl (C=O) groups is 1. The highest BCUT2D eigenvalue weighted by atomic mass is 16.5. The summed E-state index contributed by atoms with van der Waals surface area (Å²) >= 11 is 0. The molecule has 0 radical (unpaired) electrons. The molecule has 3 heteroatoms. The maximum atomic E-state index is 10.4. The molecule has 0 spiro atoms. The lowest BCUT2D eigenvalue weighted by Gasteiger charge is -2.26. The van der Waals surface area contributed by atoms with Crippen molar-refractivity contribution in [1.82, 2.24) is 4.90 Å². The number of hydrogen-bond donors (Lipinski definition) is 0. The molecule has 1 rings (SSSR count). The van der Waals surface area contributed by atoms with E-state index >= 15 is 0 Å². The van der Waals surface area contributed by atoms with E-state index in [1.807, 2.05) is 25.7 Å². The lowest BCUT2D eigenvalue weighted by atomic mass is 9.80. The van der Waals surface area contributed by atoms with Crippen LogP contribution in [0, 0.1) is 11.3 Å². The van der Waals surface area contributed by atoms with Crippen molar-refractivity contribution in [3.8, 4) is 0 Å². The lowest BCUT2D eigenvalue weighted by molar-refractivity contribution is -0.117. The average molecular weight is 243 g/mol. The molecule has 0 bridgehead atoms. The molecule has 1 fully saturated rings. The van der Waals surface area contributed by atoms with Crippen LogP contribution in [-0.2, 0) is 9.53 Å². The molecule has 0 aliphatic carbocycles. The van der Waals surface area contributed by atoms with Gasteiger partial charge in [-0.05, 0) is 38.5 Å². The van der Waals surface area contributed by atoms with Gasteiger partial charge in [-0.15, -0.1) is 0 Å². The van der Waals surface area contributed by atoms with E-state index in [4.69, 9.17) is 4.74 Å². The van der Waals surface area contributed by atoms with Crippen molar-refractivity contribution in [2.45, 2.75) is 53.6 Å². The minimum atomic E-state index is 0.0417. The number of rotatable bonds is 1. The standard InChI is InChI=1S/C9H17NO.C5H12O/c1-9(2,3)8-4-5-10(6-8)7-11;1-5(2,3)6-4/h7-8H,4-6H2,1-3H3;1-4H3. The number of amides is 1. The van der Waals surface area contributed by atoms with E-state index in [2.05, 4.69) is 20.8 Å². The Morgan fingerprint density at radius 2 is 1.65 bits per heavy atom. The number of ether oxygens (including phenoxy) is 1. The van der Waals surface area contributed by atoms with Gasteiger partial charge in [0.15, 0.2) is 0 Å². The fourth-order valence-electron chi connectivity index (χ4n) is 1.59. The third kappa shape index (κ3) is 7.37. The van der Waals surface area contributed by atoms with Gasteiger partial charge in [0.2, 0.25) is 6.41 Å². The van der Waals surface area contributed by atoms with Crippen molar-refractivity contribution < 1.29 is 9.53 Å². The van der Waals surface area contributed by atoms with Gasteiger partial charge in [0.05, 0.1) is 5.60 Å². The fraction of sp³-hybridized carbons (Fsp3) is 0.929. The molecular formula is C14H29NO2. The van der Waals surface area contributed by atoms with Crippen LogP contribution in [0.25, 0.3) is 0 Å². The molecule has 1 saturated heterocycles. The Labute approximate surface area is 107 Å². The quantitative estimate of drug-likeness (QED) is 0.663. The topological polar surface area (TPSA) is 29.5 Å². The van der Waals surface area contributed by atoms with E-state index in [9.17, 15) is 4.79 Å². The van der Waals surface area contributed by atoms with E-state index in [1.165, 1.54) is 6.42 Å². The van der Waals surface area contributed by atoms with Crippen LogP contribution in [0.1, 0.15) is 48.0 Å². The molecule has 1 atom stereocenters. The summed E-state index contributed by atoms with van der Waals surface area (Å²) in [6.45, 7) is 14.7. The van der Waals surface area contributed by atoms with E-state index in [0.29, 0.717) is 11.3 Å². The van der Waals surface area contributed by atoms with E-state index in [1.54, 1.807) is 7.11 Å². The Balaban J connectivity index is 0.000000366. The Hall–Kier alpha value is -0.570. The van der Waals surface area contributed by atoms with Crippen molar-refractivity contribution in [1.29, 1.82) is 0 Å². The Morgan fingerprint density at radius 1 is 1.18 bits per heavy atom. The van der Waals surface area contributed by atoms with Crippen molar-refractivity contribution >= 4 is 6.41 Å². The van der Waals surface area contributed by atoms with Gasteiger partial charge in [-0.1, -0.05) is 20.8 Å². The molecule has 1 aliphatic rings. The highest BCUT2D eigenvalue weighted by Crippen LogP contribution is 2.32. The Morgan fingerprint density at radius 3 is 1.82 bits per heavy atom. The van der Waals surface area contributed by atoms with Crippen LogP contribution in [0.3, 0.4) is 0 Å². The first kappa shape index (κ1) is 16.4. The highest BCUT2D eigenvalue weighted by Gasteiger charge is 2.30. The first-order valence-corrected chi connectivity index (χ1v) is 6.34. The maximum Gasteiger partial charge on any atom is 0.209 e. The SMILES string of the molecule is CC(C)(C)C1CCN(C=O)C1.COC(C)(C)C. The summed E-state index contributed by atoms with van der Waals surface area (Å²) in [4.78, 5) is 12.3. The number of likely N-dealkylation sites (tertiary alicyclic amines) is 1. The molecule has 1 unspecified atom stereocenters. The fourth-order valence-corrected chi connectivity index (χ4v) is 1.59. The normalized spacial score (nSPS) is 20.9. The molecule has 0 N–H and O–H groups in total. The predicted octanol–water partition coefficient (Wildman–Crippen LogP) is 2.94. The number of carbonyl (C=O) groups excluding carboxylic acids is 1. The van der Waals surface area contributed by atoms with Crippen molar-refractivity contribution in [2.24, 2.45) is 11.3 Å². The zero-order chi connectivity index (χ0) is 13.7. The van der Waals surface area contributed by atoms with Gasteiger partial charge in [0, 0.05) is 20.2 Å². The van der Waals surface area contributed by atoms with Gasteiger partial charge >= 0.3 is 0 Å². The molecule has 3 nitrogen and oxygen atoms in total. The van der Waals surface area contributed by atoms with Crippen LogP contribution >= 0.6 is 0 Å². The maximum absolute atomic E-state index is 10.4. The molecule has 0 aromatic heterocycles. The second-order valence-corrected chi connectivity index (χ2v) is 6.77. The van der Waals surface area contributed by atoms with Crippen molar-refractivity contribution in [2.75, 3.05) is 20.2 Å². The molecular weight excluding hydrogens is 214 g/mol. The third-order valence-electron chi connectivity index (χ3n) is 3.21. The zero-order valence-corrected chi connectivity index (χ0v) is 12.5. The minimum absolute atomic E-state index is 0.0417. The van der Waals surface area contributed by atoms with Gasteiger partial charge in [-0.2, -0.15) is 0 Å². The molecule has 0 aromatic rings. The van der Waals surface area contributed by atoms with Crippen LogP contribution < -0.4 is 0 Å². The van der Waals surface area contributed by atoms with Crippen LogP contribution in [0.2, 0.25) is 0 Å². The molecule has 0 saturated carbocycles. The van der Waals surface area contributed by atoms with E-state index in [0.717, 1.165) is 19.5 Å². The van der Waals surface area contributed by atoms with Crippen LogP contribution in [0.4, 0.5) is 0 Å². The number of nitrogens with zero attached hydrogens (tertiary/aromatic N) is 1. The van der Waals surface area contributed by atoms with Gasteiger partial charge in [0.25, 0.3) is 0 Å². The van der Waals surface area contributed by atoms with Crippen molar-refractivity contribution in [3.05, 3.63) is 0 Å². The third-order valence-corrected chi connectivity index (χ3v) is 3.21. The highest BCUT2D eigenvalue weighted by molar-refractivity contribution is 5.47. The van der Waals surface area contributed by atoms with Crippen LogP contribution in [0.5, 0.6) is 0 Å². The molecule has 1 aliphatic heterocycles. The molecule has 1 amide bonds. The summed E-state index contributed by atoms with van der Waals surface area (Å²) in [7, 11) is 1.71. The molecule has 17 heavy (non-hydrogen) atoms.